The van der Waals surface area contributed by atoms with Gasteiger partial charge in [0.1, 0.15) is 11.9 Å². The molecule has 0 aliphatic heterocycles. The van der Waals surface area contributed by atoms with E-state index in [4.69, 9.17) is 10.00 Å². The van der Waals surface area contributed by atoms with Gasteiger partial charge in [-0.25, -0.2) is 0 Å². The van der Waals surface area contributed by atoms with Crippen LogP contribution < -0.4 is 4.74 Å². The Hall–Kier alpha value is -1.49. The Morgan fingerprint density at radius 1 is 1.31 bits per heavy atom. The van der Waals surface area contributed by atoms with Gasteiger partial charge in [-0.05, 0) is 44.7 Å². The van der Waals surface area contributed by atoms with E-state index in [1.807, 2.05) is 6.07 Å². The van der Waals surface area contributed by atoms with Crippen molar-refractivity contribution in [3.8, 4) is 11.8 Å². The highest BCUT2D eigenvalue weighted by atomic mass is 16.5. The van der Waals surface area contributed by atoms with E-state index in [1.54, 1.807) is 0 Å². The number of rotatable bonds is 2. The zero-order valence-corrected chi connectivity index (χ0v) is 9.86. The van der Waals surface area contributed by atoms with Gasteiger partial charge in [0.2, 0.25) is 0 Å². The Morgan fingerprint density at radius 2 is 2.12 bits per heavy atom. The van der Waals surface area contributed by atoms with Gasteiger partial charge in [-0.2, -0.15) is 5.26 Å². The van der Waals surface area contributed by atoms with Crippen LogP contribution in [-0.2, 0) is 0 Å². The fourth-order valence-electron chi connectivity index (χ4n) is 2.31. The topological polar surface area (TPSA) is 33.0 Å². The number of aryl methyl sites for hydroxylation is 2. The molecule has 0 spiro atoms. The summed E-state index contributed by atoms with van der Waals surface area (Å²) in [5, 5.41) is 9.00. The largest absolute Gasteiger partial charge is 0.489 e. The number of nitriles is 1. The van der Waals surface area contributed by atoms with Gasteiger partial charge in [0.25, 0.3) is 0 Å². The molecule has 0 aromatic heterocycles. The van der Waals surface area contributed by atoms with Gasteiger partial charge in [0.05, 0.1) is 12.0 Å². The number of hydrogen-bond donors (Lipinski definition) is 0. The molecule has 2 heteroatoms. The van der Waals surface area contributed by atoms with Crippen molar-refractivity contribution in [2.75, 3.05) is 0 Å². The summed E-state index contributed by atoms with van der Waals surface area (Å²) in [6, 6.07) is 8.52. The van der Waals surface area contributed by atoms with Gasteiger partial charge in [-0.15, -0.1) is 0 Å². The first kappa shape index (κ1) is 11.0. The highest BCUT2D eigenvalue weighted by molar-refractivity contribution is 5.36. The number of benzene rings is 1. The van der Waals surface area contributed by atoms with Crippen molar-refractivity contribution in [2.24, 2.45) is 5.92 Å². The first-order valence-corrected chi connectivity index (χ1v) is 5.84. The summed E-state index contributed by atoms with van der Waals surface area (Å²) < 4.78 is 5.94. The molecule has 0 bridgehead atoms. The third-order valence-electron chi connectivity index (χ3n) is 3.23. The van der Waals surface area contributed by atoms with Crippen molar-refractivity contribution in [2.45, 2.75) is 39.2 Å². The summed E-state index contributed by atoms with van der Waals surface area (Å²) in [6.45, 7) is 4.13. The molecule has 1 aromatic rings. The lowest BCUT2D eigenvalue weighted by atomic mass is 10.1. The summed E-state index contributed by atoms with van der Waals surface area (Å²) in [7, 11) is 0. The quantitative estimate of drug-likeness (QED) is 0.757. The van der Waals surface area contributed by atoms with Crippen LogP contribution in [0.5, 0.6) is 5.75 Å². The van der Waals surface area contributed by atoms with E-state index in [0.29, 0.717) is 0 Å². The maximum atomic E-state index is 9.00. The molecule has 0 N–H and O–H groups in total. The van der Waals surface area contributed by atoms with Gasteiger partial charge < -0.3 is 4.74 Å². The van der Waals surface area contributed by atoms with Crippen LogP contribution in [0.25, 0.3) is 0 Å². The molecule has 16 heavy (non-hydrogen) atoms. The minimum absolute atomic E-state index is 0.0701. The molecule has 0 heterocycles. The molecule has 2 nitrogen and oxygen atoms in total. The number of nitrogens with zero attached hydrogens (tertiary/aromatic N) is 1. The minimum atomic E-state index is 0.0701. The fraction of sp³-hybridized carbons (Fsp3) is 0.500. The van der Waals surface area contributed by atoms with Crippen LogP contribution in [-0.4, -0.2) is 6.10 Å². The van der Waals surface area contributed by atoms with Crippen LogP contribution in [0, 0.1) is 31.1 Å². The molecule has 0 radical (unpaired) electrons. The Balaban J connectivity index is 2.12. The molecule has 1 fully saturated rings. The van der Waals surface area contributed by atoms with E-state index in [9.17, 15) is 0 Å². The number of hydrogen-bond acceptors (Lipinski definition) is 2. The Morgan fingerprint density at radius 3 is 2.81 bits per heavy atom. The SMILES string of the molecule is Cc1ccc(OC2CCCC2C#N)c(C)c1. The van der Waals surface area contributed by atoms with E-state index in [2.05, 4.69) is 32.0 Å². The van der Waals surface area contributed by atoms with Crippen molar-refractivity contribution in [3.63, 3.8) is 0 Å². The molecule has 1 saturated carbocycles. The summed E-state index contributed by atoms with van der Waals surface area (Å²) in [4.78, 5) is 0. The number of ether oxygens (including phenoxy) is 1. The molecule has 2 atom stereocenters. The van der Waals surface area contributed by atoms with Gasteiger partial charge >= 0.3 is 0 Å². The molecule has 1 aromatic carbocycles. The maximum Gasteiger partial charge on any atom is 0.122 e. The second-order valence-corrected chi connectivity index (χ2v) is 4.59. The molecular weight excluding hydrogens is 198 g/mol. The Kier molecular flexibility index (Phi) is 3.14. The van der Waals surface area contributed by atoms with Gasteiger partial charge in [0, 0.05) is 0 Å². The smallest absolute Gasteiger partial charge is 0.122 e. The zero-order chi connectivity index (χ0) is 11.5. The van der Waals surface area contributed by atoms with Crippen LogP contribution in [0.2, 0.25) is 0 Å². The predicted molar refractivity (Wildman–Crippen MR) is 63.3 cm³/mol. The van der Waals surface area contributed by atoms with Gasteiger partial charge in [0.15, 0.2) is 0 Å². The second kappa shape index (κ2) is 4.57. The first-order valence-electron chi connectivity index (χ1n) is 5.84. The minimum Gasteiger partial charge on any atom is -0.489 e. The van der Waals surface area contributed by atoms with Gasteiger partial charge in [-0.1, -0.05) is 17.7 Å². The highest BCUT2D eigenvalue weighted by Gasteiger charge is 2.29. The lowest BCUT2D eigenvalue weighted by molar-refractivity contribution is 0.181. The average Bonchev–Trinajstić information content (AvgIpc) is 2.69. The summed E-state index contributed by atoms with van der Waals surface area (Å²) in [5.74, 6) is 0.999. The first-order chi connectivity index (χ1) is 7.70. The normalized spacial score (nSPS) is 24.1. The summed E-state index contributed by atoms with van der Waals surface area (Å²) in [5.41, 5.74) is 2.40. The van der Waals surface area contributed by atoms with Crippen molar-refractivity contribution < 1.29 is 4.74 Å². The predicted octanol–water partition coefficient (Wildman–Crippen LogP) is 3.37. The molecular formula is C14H17NO. The highest BCUT2D eigenvalue weighted by Crippen LogP contribution is 2.30. The van der Waals surface area contributed by atoms with Crippen LogP contribution in [0.15, 0.2) is 18.2 Å². The standard InChI is InChI=1S/C14H17NO/c1-10-6-7-13(11(2)8-10)16-14-5-3-4-12(14)9-15/h6-8,12,14H,3-5H2,1-2H3. The Bertz CT molecular complexity index is 419. The molecule has 1 aliphatic rings. The maximum absolute atomic E-state index is 9.00. The van der Waals surface area contributed by atoms with Crippen LogP contribution >= 0.6 is 0 Å². The average molecular weight is 215 g/mol. The lowest BCUT2D eigenvalue weighted by Crippen LogP contribution is -2.20. The lowest BCUT2D eigenvalue weighted by Gasteiger charge is -2.18. The second-order valence-electron chi connectivity index (χ2n) is 4.59. The summed E-state index contributed by atoms with van der Waals surface area (Å²) in [6.07, 6.45) is 3.18. The molecule has 0 amide bonds. The third kappa shape index (κ3) is 2.19. The van der Waals surface area contributed by atoms with Crippen molar-refractivity contribution in [1.82, 2.24) is 0 Å². The van der Waals surface area contributed by atoms with E-state index in [1.165, 1.54) is 5.56 Å². The Labute approximate surface area is 96.9 Å². The van der Waals surface area contributed by atoms with Crippen molar-refractivity contribution >= 4 is 0 Å². The van der Waals surface area contributed by atoms with Crippen molar-refractivity contribution in [1.29, 1.82) is 5.26 Å². The zero-order valence-electron chi connectivity index (χ0n) is 9.86. The van der Waals surface area contributed by atoms with E-state index in [0.717, 1.165) is 30.6 Å². The molecule has 1 aliphatic carbocycles. The molecule has 2 unspecified atom stereocenters. The molecule has 2 rings (SSSR count). The van der Waals surface area contributed by atoms with E-state index in [-0.39, 0.29) is 12.0 Å². The molecule has 84 valence electrons. The summed E-state index contributed by atoms with van der Waals surface area (Å²) >= 11 is 0. The van der Waals surface area contributed by atoms with Crippen molar-refractivity contribution in [3.05, 3.63) is 29.3 Å². The van der Waals surface area contributed by atoms with E-state index >= 15 is 0 Å². The van der Waals surface area contributed by atoms with Crippen LogP contribution in [0.1, 0.15) is 30.4 Å². The van der Waals surface area contributed by atoms with Gasteiger partial charge in [-0.3, -0.25) is 0 Å². The van der Waals surface area contributed by atoms with Crippen LogP contribution in [0.3, 0.4) is 0 Å². The third-order valence-corrected chi connectivity index (χ3v) is 3.23. The van der Waals surface area contributed by atoms with Crippen LogP contribution in [0.4, 0.5) is 0 Å². The van der Waals surface area contributed by atoms with E-state index < -0.39 is 0 Å². The molecule has 0 saturated heterocycles. The monoisotopic (exact) mass is 215 g/mol. The fourth-order valence-corrected chi connectivity index (χ4v) is 2.31.